The Morgan fingerprint density at radius 3 is 1.94 bits per heavy atom. The first-order valence-corrected chi connectivity index (χ1v) is 16.5. The van der Waals surface area contributed by atoms with E-state index in [2.05, 4.69) is 98.2 Å². The Labute approximate surface area is 289 Å². The molecule has 4 heterocycles. The summed E-state index contributed by atoms with van der Waals surface area (Å²) >= 11 is 0. The molecule has 0 N–H and O–H groups in total. The predicted molar refractivity (Wildman–Crippen MR) is 200 cm³/mol. The van der Waals surface area contributed by atoms with Crippen molar-refractivity contribution in [3.05, 3.63) is 158 Å². The minimum Gasteiger partial charge on any atom is -0.452 e. The summed E-state index contributed by atoms with van der Waals surface area (Å²) < 4.78 is 15.4. The van der Waals surface area contributed by atoms with E-state index in [1.165, 1.54) is 0 Å². The molecule has 0 spiro atoms. The van der Waals surface area contributed by atoms with E-state index in [-0.39, 0.29) is 0 Å². The number of benzene rings is 5. The van der Waals surface area contributed by atoms with Crippen LogP contribution in [0.15, 0.2) is 146 Å². The number of ether oxygens (including phenoxy) is 2. The molecule has 9 rings (SSSR count). The molecule has 5 aromatic carbocycles. The number of nitrogens with zero attached hydrogens (tertiary/aromatic N) is 4. The van der Waals surface area contributed by atoms with E-state index in [0.29, 0.717) is 5.69 Å². The maximum absolute atomic E-state index is 7.58. The zero-order valence-corrected chi connectivity index (χ0v) is 27.5. The SMILES string of the molecule is [C-]#[N+]c1ccc2c(c1)c1ccccc1n2-c1ccc2c(c1)-c1ccc(-c3cc(-c4cccnc4)cc(-c4cccnc4)c3)cc1OC(C)(C)O2. The fraction of sp³-hybridized carbons (Fsp3) is 0.0682. The highest BCUT2D eigenvalue weighted by Gasteiger charge is 2.30. The molecule has 50 heavy (non-hydrogen) atoms. The molecule has 8 aromatic rings. The number of aromatic nitrogens is 3. The van der Waals surface area contributed by atoms with Crippen molar-refractivity contribution in [2.24, 2.45) is 0 Å². The molecule has 0 aliphatic carbocycles. The zero-order valence-electron chi connectivity index (χ0n) is 27.5. The van der Waals surface area contributed by atoms with E-state index in [1.54, 1.807) is 12.4 Å². The van der Waals surface area contributed by atoms with Gasteiger partial charge in [-0.25, -0.2) is 4.85 Å². The van der Waals surface area contributed by atoms with Crippen molar-refractivity contribution in [3.8, 4) is 61.7 Å². The highest BCUT2D eigenvalue weighted by Crippen LogP contribution is 2.46. The molecule has 0 unspecified atom stereocenters. The molecular formula is C44H30N4O2. The van der Waals surface area contributed by atoms with Gasteiger partial charge in [0.2, 0.25) is 5.79 Å². The average molecular weight is 647 g/mol. The van der Waals surface area contributed by atoms with Gasteiger partial charge in [-0.1, -0.05) is 42.5 Å². The van der Waals surface area contributed by atoms with E-state index < -0.39 is 5.79 Å². The Morgan fingerprint density at radius 2 is 1.24 bits per heavy atom. The van der Waals surface area contributed by atoms with Crippen molar-refractivity contribution in [1.29, 1.82) is 0 Å². The monoisotopic (exact) mass is 646 g/mol. The van der Waals surface area contributed by atoms with Gasteiger partial charge in [0, 0.05) is 72.0 Å². The minimum atomic E-state index is -0.915. The molecule has 6 nitrogen and oxygen atoms in total. The lowest BCUT2D eigenvalue weighted by atomic mass is 9.93. The predicted octanol–water partition coefficient (Wildman–Crippen LogP) is 11.3. The van der Waals surface area contributed by atoms with Crippen molar-refractivity contribution >= 4 is 27.5 Å². The number of para-hydroxylation sites is 1. The van der Waals surface area contributed by atoms with Crippen LogP contribution in [0.3, 0.4) is 0 Å². The number of fused-ring (bicyclic) bond motifs is 6. The van der Waals surface area contributed by atoms with Gasteiger partial charge in [0.05, 0.1) is 17.6 Å². The molecule has 0 bridgehead atoms. The van der Waals surface area contributed by atoms with Gasteiger partial charge in [0.1, 0.15) is 11.5 Å². The van der Waals surface area contributed by atoms with Gasteiger partial charge in [-0.15, -0.1) is 0 Å². The second kappa shape index (κ2) is 11.5. The summed E-state index contributed by atoms with van der Waals surface area (Å²) in [5.74, 6) is 0.572. The Morgan fingerprint density at radius 1 is 0.560 bits per heavy atom. The van der Waals surface area contributed by atoms with Crippen molar-refractivity contribution in [1.82, 2.24) is 14.5 Å². The van der Waals surface area contributed by atoms with E-state index in [4.69, 9.17) is 16.0 Å². The van der Waals surface area contributed by atoms with Crippen LogP contribution in [0.4, 0.5) is 5.69 Å². The van der Waals surface area contributed by atoms with E-state index in [9.17, 15) is 0 Å². The summed E-state index contributed by atoms with van der Waals surface area (Å²) in [5, 5.41) is 2.15. The Hall–Kier alpha value is -6.71. The maximum atomic E-state index is 7.58. The van der Waals surface area contributed by atoms with Crippen LogP contribution in [-0.2, 0) is 0 Å². The molecular weight excluding hydrogens is 617 g/mol. The maximum Gasteiger partial charge on any atom is 0.245 e. The summed E-state index contributed by atoms with van der Waals surface area (Å²) in [5.41, 5.74) is 11.9. The highest BCUT2D eigenvalue weighted by atomic mass is 16.7. The second-order valence-electron chi connectivity index (χ2n) is 12.9. The summed E-state index contributed by atoms with van der Waals surface area (Å²) in [4.78, 5) is 12.4. The summed E-state index contributed by atoms with van der Waals surface area (Å²) in [6.07, 6.45) is 7.36. The molecule has 6 heteroatoms. The molecule has 0 saturated carbocycles. The van der Waals surface area contributed by atoms with Crippen LogP contribution < -0.4 is 9.47 Å². The van der Waals surface area contributed by atoms with Gasteiger partial charge < -0.3 is 14.0 Å². The largest absolute Gasteiger partial charge is 0.452 e. The number of pyridine rings is 2. The average Bonchev–Trinajstić information content (AvgIpc) is 3.43. The molecule has 0 atom stereocenters. The first kappa shape index (κ1) is 29.4. The Bertz CT molecular complexity index is 2580. The Balaban J connectivity index is 1.21. The topological polar surface area (TPSA) is 53.5 Å². The third-order valence-electron chi connectivity index (χ3n) is 9.25. The molecule has 238 valence electrons. The first-order chi connectivity index (χ1) is 24.4. The number of hydrogen-bond donors (Lipinski definition) is 0. The number of rotatable bonds is 4. The third-order valence-corrected chi connectivity index (χ3v) is 9.25. The van der Waals surface area contributed by atoms with Gasteiger partial charge in [-0.3, -0.25) is 9.97 Å². The van der Waals surface area contributed by atoms with Crippen molar-refractivity contribution in [2.75, 3.05) is 0 Å². The smallest absolute Gasteiger partial charge is 0.245 e. The van der Waals surface area contributed by atoms with Crippen LogP contribution in [0.5, 0.6) is 11.5 Å². The summed E-state index contributed by atoms with van der Waals surface area (Å²) in [6, 6.07) is 41.6. The molecule has 0 radical (unpaired) electrons. The zero-order chi connectivity index (χ0) is 33.8. The van der Waals surface area contributed by atoms with Crippen molar-refractivity contribution < 1.29 is 9.47 Å². The van der Waals surface area contributed by atoms with E-state index in [0.717, 1.165) is 83.5 Å². The lowest BCUT2D eigenvalue weighted by Crippen LogP contribution is -2.34. The molecule has 1 aliphatic heterocycles. The van der Waals surface area contributed by atoms with Crippen LogP contribution >= 0.6 is 0 Å². The standard InChI is InChI=1S/C44H30N4O2/c1-44(2)49-42-17-14-35(48-40-11-5-4-10-36(40)38-24-34(45-3)13-16-41(38)48)25-39(42)37-15-12-28(23-43(37)50-44)31-20-32(29-8-6-18-46-26-29)22-33(21-31)30-9-7-19-47-27-30/h4-27H,1-2H3. The molecule has 3 aromatic heterocycles. The Kier molecular flexibility index (Phi) is 6.75. The fourth-order valence-corrected chi connectivity index (χ4v) is 7.02. The quantitative estimate of drug-likeness (QED) is 0.179. The van der Waals surface area contributed by atoms with Crippen molar-refractivity contribution in [2.45, 2.75) is 19.6 Å². The van der Waals surface area contributed by atoms with Gasteiger partial charge in [0.15, 0.2) is 5.69 Å². The van der Waals surface area contributed by atoms with Gasteiger partial charge >= 0.3 is 0 Å². The first-order valence-electron chi connectivity index (χ1n) is 16.5. The normalized spacial score (nSPS) is 13.1. The number of hydrogen-bond acceptors (Lipinski definition) is 4. The second-order valence-corrected chi connectivity index (χ2v) is 12.9. The van der Waals surface area contributed by atoms with Gasteiger partial charge in [-0.05, 0) is 107 Å². The molecule has 1 aliphatic rings. The molecule has 0 saturated heterocycles. The molecule has 0 amide bonds. The summed E-state index contributed by atoms with van der Waals surface area (Å²) in [6.45, 7) is 11.5. The van der Waals surface area contributed by atoms with E-state index >= 15 is 0 Å². The van der Waals surface area contributed by atoms with Crippen LogP contribution in [0.2, 0.25) is 0 Å². The summed E-state index contributed by atoms with van der Waals surface area (Å²) in [7, 11) is 0. The van der Waals surface area contributed by atoms with Gasteiger partial charge in [-0.2, -0.15) is 0 Å². The van der Waals surface area contributed by atoms with Crippen LogP contribution in [-0.4, -0.2) is 20.3 Å². The van der Waals surface area contributed by atoms with Crippen LogP contribution in [0.1, 0.15) is 13.8 Å². The molecule has 0 fully saturated rings. The lowest BCUT2D eigenvalue weighted by molar-refractivity contribution is -0.0778. The van der Waals surface area contributed by atoms with Crippen molar-refractivity contribution in [3.63, 3.8) is 0 Å². The van der Waals surface area contributed by atoms with Crippen LogP contribution in [0.25, 0.3) is 76.8 Å². The fourth-order valence-electron chi connectivity index (χ4n) is 7.02. The lowest BCUT2D eigenvalue weighted by Gasteiger charge is -2.26. The third kappa shape index (κ3) is 5.04. The van der Waals surface area contributed by atoms with Gasteiger partial charge in [0.25, 0.3) is 0 Å². The van der Waals surface area contributed by atoms with Crippen LogP contribution in [0, 0.1) is 6.57 Å². The van der Waals surface area contributed by atoms with E-state index in [1.807, 2.05) is 68.7 Å². The minimum absolute atomic E-state index is 0.623. The highest BCUT2D eigenvalue weighted by molar-refractivity contribution is 6.10.